The Morgan fingerprint density at radius 1 is 1.06 bits per heavy atom. The molecule has 5 amide bonds. The molecule has 0 saturated carbocycles. The summed E-state index contributed by atoms with van der Waals surface area (Å²) < 4.78 is 11.9. The van der Waals surface area contributed by atoms with Crippen molar-refractivity contribution in [2.75, 3.05) is 0 Å². The van der Waals surface area contributed by atoms with Crippen LogP contribution in [0.25, 0.3) is 0 Å². The highest BCUT2D eigenvalue weighted by Crippen LogP contribution is 2.36. The molecule has 1 aromatic carbocycles. The van der Waals surface area contributed by atoms with Gasteiger partial charge in [-0.3, -0.25) is 28.9 Å². The van der Waals surface area contributed by atoms with E-state index in [1.807, 2.05) is 0 Å². The molecular weight excluding hydrogens is 460 g/mol. The number of hydrogen-bond acceptors (Lipinski definition) is 9. The Morgan fingerprint density at radius 3 is 2.40 bits per heavy atom. The van der Waals surface area contributed by atoms with Crippen molar-refractivity contribution >= 4 is 35.6 Å². The first-order valence-electron chi connectivity index (χ1n) is 10.7. The molecule has 0 aliphatic carbocycles. The van der Waals surface area contributed by atoms with Gasteiger partial charge >= 0.3 is 6.09 Å². The molecule has 1 saturated heterocycles. The Bertz CT molecular complexity index is 1290. The van der Waals surface area contributed by atoms with Crippen LogP contribution in [0.3, 0.4) is 0 Å². The lowest BCUT2D eigenvalue weighted by molar-refractivity contribution is -0.149. The number of ether oxygens (including phenoxy) is 2. The fraction of sp³-hybridized carbons (Fsp3) is 0.348. The maximum absolute atomic E-state index is 13.3. The van der Waals surface area contributed by atoms with Gasteiger partial charge in [-0.15, -0.1) is 5.10 Å². The molecule has 2 aliphatic heterocycles. The van der Waals surface area contributed by atoms with E-state index in [-0.39, 0.29) is 41.5 Å². The second-order valence-corrected chi connectivity index (χ2v) is 8.98. The third kappa shape index (κ3) is 4.29. The number of carbonyl (C=O) groups is 6. The molecule has 1 fully saturated rings. The number of hydrogen-bond donors (Lipinski definition) is 0. The topological polar surface area (TPSA) is 145 Å². The van der Waals surface area contributed by atoms with Gasteiger partial charge in [0.05, 0.1) is 11.1 Å². The highest BCUT2D eigenvalue weighted by atomic mass is 16.6. The Kier molecular flexibility index (Phi) is 5.75. The molecule has 1 unspecified atom stereocenters. The molecule has 1 aromatic heterocycles. The Hall–Kier alpha value is -4.35. The van der Waals surface area contributed by atoms with Gasteiger partial charge in [0.25, 0.3) is 17.7 Å². The van der Waals surface area contributed by atoms with Crippen LogP contribution in [0.5, 0.6) is 11.6 Å². The first kappa shape index (κ1) is 23.8. The zero-order valence-electron chi connectivity index (χ0n) is 19.4. The molecular formula is C23H22N4O8. The van der Waals surface area contributed by atoms with Crippen molar-refractivity contribution in [1.29, 1.82) is 0 Å². The number of amides is 5. The highest BCUT2D eigenvalue weighted by Gasteiger charge is 2.50. The molecule has 2 aromatic rings. The summed E-state index contributed by atoms with van der Waals surface area (Å²) in [7, 11) is 0. The van der Waals surface area contributed by atoms with E-state index < -0.39 is 41.4 Å². The number of aromatic nitrogens is 2. The minimum Gasteiger partial charge on any atom is -0.443 e. The largest absolute Gasteiger partial charge is 0.443 e. The number of piperidine rings is 1. The molecule has 0 N–H and O–H groups in total. The lowest BCUT2D eigenvalue weighted by Gasteiger charge is -2.34. The lowest BCUT2D eigenvalue weighted by atomic mass is 10.0. The molecule has 3 heterocycles. The Labute approximate surface area is 199 Å². The minimum atomic E-state index is -1.38. The molecule has 182 valence electrons. The number of benzene rings is 1. The summed E-state index contributed by atoms with van der Waals surface area (Å²) in [6, 6.07) is 4.37. The number of likely N-dealkylation sites (tertiary alicyclic amines) is 1. The minimum absolute atomic E-state index is 0.000449. The van der Waals surface area contributed by atoms with Crippen molar-refractivity contribution in [1.82, 2.24) is 19.6 Å². The van der Waals surface area contributed by atoms with E-state index in [0.29, 0.717) is 4.90 Å². The molecule has 2 aliphatic rings. The number of nitrogens with zero attached hydrogens (tertiary/aromatic N) is 4. The van der Waals surface area contributed by atoms with Gasteiger partial charge in [-0.1, -0.05) is 6.07 Å². The van der Waals surface area contributed by atoms with Crippen LogP contribution < -0.4 is 4.74 Å². The van der Waals surface area contributed by atoms with Crippen molar-refractivity contribution < 1.29 is 38.2 Å². The fourth-order valence-electron chi connectivity index (χ4n) is 3.80. The molecule has 0 bridgehead atoms. The number of fused-ring (bicyclic) bond motifs is 1. The van der Waals surface area contributed by atoms with Crippen molar-refractivity contribution in [2.45, 2.75) is 52.2 Å². The summed E-state index contributed by atoms with van der Waals surface area (Å²) in [4.78, 5) is 77.0. The Morgan fingerprint density at radius 2 is 1.77 bits per heavy atom. The smallest absolute Gasteiger partial charge is 0.424 e. The van der Waals surface area contributed by atoms with Gasteiger partial charge in [-0.05, 0) is 39.3 Å². The average Bonchev–Trinajstić information content (AvgIpc) is 3.31. The summed E-state index contributed by atoms with van der Waals surface area (Å²) in [5.41, 5.74) is -1.07. The van der Waals surface area contributed by atoms with Crippen LogP contribution in [0.4, 0.5) is 4.79 Å². The predicted molar refractivity (Wildman–Crippen MR) is 117 cm³/mol. The molecule has 0 spiro atoms. The zero-order chi connectivity index (χ0) is 25.7. The van der Waals surface area contributed by atoms with Crippen molar-refractivity contribution in [3.8, 4) is 11.6 Å². The number of rotatable bonds is 3. The quantitative estimate of drug-likeness (QED) is 0.602. The van der Waals surface area contributed by atoms with Crippen LogP contribution in [-0.2, 0) is 14.3 Å². The zero-order valence-corrected chi connectivity index (χ0v) is 19.4. The first-order valence-corrected chi connectivity index (χ1v) is 10.7. The average molecular weight is 482 g/mol. The van der Waals surface area contributed by atoms with Gasteiger partial charge < -0.3 is 9.47 Å². The molecule has 35 heavy (non-hydrogen) atoms. The van der Waals surface area contributed by atoms with E-state index in [0.717, 1.165) is 9.58 Å². The van der Waals surface area contributed by atoms with E-state index in [9.17, 15) is 28.8 Å². The van der Waals surface area contributed by atoms with Crippen LogP contribution in [0.1, 0.15) is 66.0 Å². The summed E-state index contributed by atoms with van der Waals surface area (Å²) in [6.45, 7) is 6.04. The maximum Gasteiger partial charge on any atom is 0.424 e. The van der Waals surface area contributed by atoms with Crippen LogP contribution in [0.2, 0.25) is 0 Å². The van der Waals surface area contributed by atoms with Gasteiger partial charge in [0.15, 0.2) is 0 Å². The van der Waals surface area contributed by atoms with Crippen LogP contribution in [0, 0.1) is 0 Å². The van der Waals surface area contributed by atoms with E-state index >= 15 is 0 Å². The van der Waals surface area contributed by atoms with E-state index in [1.54, 1.807) is 20.8 Å². The molecule has 1 atom stereocenters. The SMILES string of the molecule is CC(=O)n1ccc(Oc2cccc3c2C(=O)N(C2CCC(=O)N(C(=O)OC(C)(C)C)C2=O)C3=O)n1. The van der Waals surface area contributed by atoms with Gasteiger partial charge in [0.2, 0.25) is 17.7 Å². The fourth-order valence-corrected chi connectivity index (χ4v) is 3.80. The predicted octanol–water partition coefficient (Wildman–Crippen LogP) is 2.38. The second kappa shape index (κ2) is 8.46. The third-order valence-corrected chi connectivity index (χ3v) is 5.28. The van der Waals surface area contributed by atoms with Gasteiger partial charge in [-0.25, -0.2) is 9.48 Å². The number of imide groups is 4. The van der Waals surface area contributed by atoms with Crippen LogP contribution in [0.15, 0.2) is 30.5 Å². The second-order valence-electron chi connectivity index (χ2n) is 8.98. The monoisotopic (exact) mass is 482 g/mol. The van der Waals surface area contributed by atoms with Gasteiger partial charge in [-0.2, -0.15) is 4.90 Å². The maximum atomic E-state index is 13.3. The van der Waals surface area contributed by atoms with Crippen molar-refractivity contribution in [2.24, 2.45) is 0 Å². The van der Waals surface area contributed by atoms with E-state index in [1.165, 1.54) is 37.4 Å². The van der Waals surface area contributed by atoms with E-state index in [2.05, 4.69) is 5.10 Å². The highest BCUT2D eigenvalue weighted by molar-refractivity contribution is 6.25. The third-order valence-electron chi connectivity index (χ3n) is 5.28. The number of carbonyl (C=O) groups excluding carboxylic acids is 6. The summed E-state index contributed by atoms with van der Waals surface area (Å²) in [6.07, 6.45) is -0.168. The molecule has 0 radical (unpaired) electrons. The summed E-state index contributed by atoms with van der Waals surface area (Å²) >= 11 is 0. The van der Waals surface area contributed by atoms with Crippen LogP contribution >= 0.6 is 0 Å². The van der Waals surface area contributed by atoms with Crippen molar-refractivity contribution in [3.63, 3.8) is 0 Å². The molecule has 12 heteroatoms. The molecule has 12 nitrogen and oxygen atoms in total. The lowest BCUT2D eigenvalue weighted by Crippen LogP contribution is -2.58. The summed E-state index contributed by atoms with van der Waals surface area (Å²) in [5, 5.41) is 3.95. The standard InChI is InChI=1S/C23H22N4O8/c1-12(28)25-11-10-16(24-25)34-15-7-5-6-13-18(15)21(32)26(19(13)30)14-8-9-17(29)27(20(14)31)22(33)35-23(2,3)4/h5-7,10-11,14H,8-9H2,1-4H3. The summed E-state index contributed by atoms with van der Waals surface area (Å²) in [5.74, 6) is -3.71. The normalized spacial score (nSPS) is 18.1. The van der Waals surface area contributed by atoms with Gasteiger partial charge in [0.1, 0.15) is 17.4 Å². The molecule has 4 rings (SSSR count). The Balaban J connectivity index is 1.63. The van der Waals surface area contributed by atoms with E-state index in [4.69, 9.17) is 9.47 Å². The van der Waals surface area contributed by atoms with Gasteiger partial charge in [0, 0.05) is 25.6 Å². The van der Waals surface area contributed by atoms with Crippen LogP contribution in [-0.4, -0.2) is 66.9 Å². The van der Waals surface area contributed by atoms with Crippen molar-refractivity contribution in [3.05, 3.63) is 41.6 Å². The first-order chi connectivity index (χ1) is 16.4.